The predicted molar refractivity (Wildman–Crippen MR) is 173 cm³/mol. The molecule has 1 amide bonds. The van der Waals surface area contributed by atoms with Crippen molar-refractivity contribution in [3.63, 3.8) is 0 Å². The number of esters is 2. The zero-order valence-electron chi connectivity index (χ0n) is 25.5. The molecule has 2 N–H and O–H groups in total. The van der Waals surface area contributed by atoms with Gasteiger partial charge in [-0.2, -0.15) is 0 Å². The van der Waals surface area contributed by atoms with Crippen molar-refractivity contribution in [1.29, 1.82) is 0 Å². The number of anilines is 1. The highest BCUT2D eigenvalue weighted by molar-refractivity contribution is 6.11. The molecule has 4 aromatic carbocycles. The summed E-state index contributed by atoms with van der Waals surface area (Å²) < 4.78 is 18.1. The van der Waals surface area contributed by atoms with Gasteiger partial charge in [-0.25, -0.2) is 0 Å². The number of benzene rings is 4. The summed E-state index contributed by atoms with van der Waals surface area (Å²) >= 11 is 0. The van der Waals surface area contributed by atoms with Crippen LogP contribution in [0.1, 0.15) is 40.4 Å². The molecule has 1 spiro atoms. The Bertz CT molecular complexity index is 1810. The molecule has 2 fully saturated rings. The first-order chi connectivity index (χ1) is 23.0. The van der Waals surface area contributed by atoms with Crippen LogP contribution in [0.4, 0.5) is 5.69 Å². The molecule has 0 unspecified atom stereocenters. The quantitative estimate of drug-likeness (QED) is 0.195. The molecule has 9 heteroatoms. The van der Waals surface area contributed by atoms with Crippen molar-refractivity contribution in [2.75, 3.05) is 25.1 Å². The largest absolute Gasteiger partial charge is 0.491 e. The van der Waals surface area contributed by atoms with E-state index in [9.17, 15) is 19.5 Å². The lowest BCUT2D eigenvalue weighted by atomic mass is 9.65. The zero-order valence-corrected chi connectivity index (χ0v) is 25.5. The zero-order chi connectivity index (χ0) is 32.5. The van der Waals surface area contributed by atoms with Crippen LogP contribution in [0.5, 0.6) is 5.75 Å². The Morgan fingerprint density at radius 1 is 0.894 bits per heavy atom. The van der Waals surface area contributed by atoms with Crippen LogP contribution >= 0.6 is 0 Å². The molecule has 4 aromatic rings. The van der Waals surface area contributed by atoms with Crippen LogP contribution in [0, 0.1) is 5.92 Å². The summed E-state index contributed by atoms with van der Waals surface area (Å²) in [4.78, 5) is 45.7. The van der Waals surface area contributed by atoms with Crippen LogP contribution in [-0.4, -0.2) is 53.7 Å². The molecule has 3 heterocycles. The van der Waals surface area contributed by atoms with Crippen LogP contribution < -0.4 is 10.1 Å². The number of aliphatic hydroxyl groups excluding tert-OH is 1. The highest BCUT2D eigenvalue weighted by Crippen LogP contribution is 2.65. The highest BCUT2D eigenvalue weighted by Gasteiger charge is 2.74. The number of nitrogens with zero attached hydrogens (tertiary/aromatic N) is 1. The lowest BCUT2D eigenvalue weighted by molar-refractivity contribution is -0.180. The van der Waals surface area contributed by atoms with Crippen LogP contribution in [0.3, 0.4) is 0 Å². The molecule has 2 saturated heterocycles. The third-order valence-corrected chi connectivity index (χ3v) is 9.38. The number of rotatable bonds is 9. The van der Waals surface area contributed by atoms with Gasteiger partial charge in [0.15, 0.2) is 0 Å². The molecule has 0 aromatic heterocycles. The second-order valence-electron chi connectivity index (χ2n) is 11.8. The van der Waals surface area contributed by atoms with Crippen LogP contribution in [-0.2, 0) is 29.3 Å². The molecule has 238 valence electrons. The van der Waals surface area contributed by atoms with Gasteiger partial charge in [-0.15, -0.1) is 0 Å². The van der Waals surface area contributed by atoms with Crippen molar-refractivity contribution in [2.24, 2.45) is 5.92 Å². The van der Waals surface area contributed by atoms with E-state index in [-0.39, 0.29) is 19.8 Å². The van der Waals surface area contributed by atoms with E-state index in [0.29, 0.717) is 22.6 Å². The Morgan fingerprint density at radius 3 is 2.28 bits per heavy atom. The van der Waals surface area contributed by atoms with Gasteiger partial charge in [-0.3, -0.25) is 19.3 Å². The Kier molecular flexibility index (Phi) is 8.09. The topological polar surface area (TPSA) is 114 Å². The van der Waals surface area contributed by atoms with Crippen molar-refractivity contribution in [3.8, 4) is 5.75 Å². The number of amides is 1. The molecule has 9 nitrogen and oxygen atoms in total. The second kappa shape index (κ2) is 12.5. The van der Waals surface area contributed by atoms with Crippen molar-refractivity contribution >= 4 is 23.5 Å². The maximum atomic E-state index is 14.8. The minimum Gasteiger partial charge on any atom is -0.491 e. The lowest BCUT2D eigenvalue weighted by Gasteiger charge is -2.46. The first-order valence-electron chi connectivity index (χ1n) is 15.6. The number of fused-ring (bicyclic) bond motifs is 3. The van der Waals surface area contributed by atoms with Crippen LogP contribution in [0.25, 0.3) is 0 Å². The summed E-state index contributed by atoms with van der Waals surface area (Å²) in [5, 5.41) is 12.7. The van der Waals surface area contributed by atoms with Gasteiger partial charge in [-0.1, -0.05) is 110 Å². The number of para-hydroxylation sites is 2. The van der Waals surface area contributed by atoms with Crippen molar-refractivity contribution in [2.45, 2.75) is 29.6 Å². The fraction of sp³-hybridized carbons (Fsp3) is 0.237. The summed E-state index contributed by atoms with van der Waals surface area (Å²) in [6, 6.07) is 30.8. The molecule has 0 aliphatic carbocycles. The average Bonchev–Trinajstić information content (AvgIpc) is 3.59. The van der Waals surface area contributed by atoms with Gasteiger partial charge in [0, 0.05) is 11.3 Å². The van der Waals surface area contributed by atoms with Crippen LogP contribution in [0.15, 0.2) is 122 Å². The maximum absolute atomic E-state index is 14.8. The van der Waals surface area contributed by atoms with Gasteiger partial charge in [-0.05, 0) is 28.8 Å². The molecular formula is C38H34N2O7. The average molecular weight is 631 g/mol. The fourth-order valence-electron chi connectivity index (χ4n) is 7.71. The number of hydrogen-bond donors (Lipinski definition) is 2. The van der Waals surface area contributed by atoms with E-state index in [2.05, 4.69) is 11.9 Å². The van der Waals surface area contributed by atoms with Crippen molar-refractivity contribution in [1.82, 2.24) is 4.90 Å². The molecule has 0 bridgehead atoms. The van der Waals surface area contributed by atoms with Gasteiger partial charge in [0.05, 0.1) is 18.7 Å². The molecular weight excluding hydrogens is 596 g/mol. The summed E-state index contributed by atoms with van der Waals surface area (Å²) in [6.07, 6.45) is 0.669. The number of ether oxygens (including phenoxy) is 3. The van der Waals surface area contributed by atoms with Gasteiger partial charge in [0.1, 0.15) is 42.4 Å². The molecule has 6 atom stereocenters. The fourth-order valence-corrected chi connectivity index (χ4v) is 7.71. The highest BCUT2D eigenvalue weighted by atomic mass is 16.6. The third kappa shape index (κ3) is 4.81. The molecule has 7 rings (SSSR count). The molecule has 47 heavy (non-hydrogen) atoms. The maximum Gasteiger partial charge on any atom is 0.325 e. The molecule has 0 radical (unpaired) electrons. The van der Waals surface area contributed by atoms with Crippen LogP contribution in [0.2, 0.25) is 0 Å². The number of carbonyl (C=O) groups excluding carboxylic acids is 3. The van der Waals surface area contributed by atoms with E-state index >= 15 is 0 Å². The lowest BCUT2D eigenvalue weighted by Crippen LogP contribution is -2.52. The monoisotopic (exact) mass is 630 g/mol. The number of morpholine rings is 1. The molecule has 0 saturated carbocycles. The minimum atomic E-state index is -1.64. The van der Waals surface area contributed by atoms with E-state index < -0.39 is 53.4 Å². The SMILES string of the molecule is C=CCOC(=O)[C@@H]1[C@H]2C(=O)O[C@H](c3ccccc3)[C@H](c3ccccc3)N2[C@H](c2ccccc2OCCO)[C@@]12C(=O)Nc1ccccc12. The first-order valence-corrected chi connectivity index (χ1v) is 15.6. The standard InChI is InChI=1S/C38H34N2O7/c1-2-22-46-35(42)30-32-36(43)47-33(25-15-7-4-8-16-25)31(24-13-5-3-6-14-24)40(32)34(26-17-9-12-20-29(26)45-23-21-41)38(30)27-18-10-11-19-28(27)39-37(38)44/h2-20,30-34,41H,1,21-23H2,(H,39,44)/t30-,31-,32-,33+,34+,38-/m0/s1. The van der Waals surface area contributed by atoms with Crippen molar-refractivity contribution in [3.05, 3.63) is 144 Å². The second-order valence-corrected chi connectivity index (χ2v) is 11.8. The number of nitrogens with one attached hydrogen (secondary N) is 1. The van der Waals surface area contributed by atoms with Crippen molar-refractivity contribution < 1.29 is 33.7 Å². The third-order valence-electron chi connectivity index (χ3n) is 9.38. The Balaban J connectivity index is 1.57. The number of hydrogen-bond acceptors (Lipinski definition) is 8. The Morgan fingerprint density at radius 2 is 1.55 bits per heavy atom. The summed E-state index contributed by atoms with van der Waals surface area (Å²) in [7, 11) is 0. The summed E-state index contributed by atoms with van der Waals surface area (Å²) in [5.74, 6) is -2.68. The van der Waals surface area contributed by atoms with E-state index in [1.54, 1.807) is 18.2 Å². The number of cyclic esters (lactones) is 1. The first kappa shape index (κ1) is 30.4. The van der Waals surface area contributed by atoms with E-state index in [1.807, 2.05) is 95.9 Å². The van der Waals surface area contributed by atoms with E-state index in [4.69, 9.17) is 14.2 Å². The summed E-state index contributed by atoms with van der Waals surface area (Å²) in [5.41, 5.74) is 1.65. The molecule has 3 aliphatic rings. The number of carbonyl (C=O) groups is 3. The van der Waals surface area contributed by atoms with Gasteiger partial charge in [0.2, 0.25) is 5.91 Å². The number of aliphatic hydroxyl groups is 1. The summed E-state index contributed by atoms with van der Waals surface area (Å²) in [6.45, 7) is 3.37. The molecule has 3 aliphatic heterocycles. The smallest absolute Gasteiger partial charge is 0.325 e. The van der Waals surface area contributed by atoms with E-state index in [1.165, 1.54) is 6.08 Å². The Hall–Kier alpha value is -5.25. The minimum absolute atomic E-state index is 0.00451. The van der Waals surface area contributed by atoms with Gasteiger partial charge in [0.25, 0.3) is 0 Å². The normalized spacial score (nSPS) is 26.2. The van der Waals surface area contributed by atoms with Gasteiger partial charge < -0.3 is 24.6 Å². The predicted octanol–water partition coefficient (Wildman–Crippen LogP) is 5.06. The van der Waals surface area contributed by atoms with Gasteiger partial charge >= 0.3 is 11.9 Å². The van der Waals surface area contributed by atoms with E-state index in [0.717, 1.165) is 11.1 Å². The Labute approximate surface area is 272 Å².